The lowest BCUT2D eigenvalue weighted by Crippen LogP contribution is -2.13. The normalized spacial score (nSPS) is 10.6. The van der Waals surface area contributed by atoms with Gasteiger partial charge in [0.05, 0.1) is 7.11 Å². The molecule has 17 heavy (non-hydrogen) atoms. The minimum atomic E-state index is 0.0789. The van der Waals surface area contributed by atoms with E-state index in [1.807, 2.05) is 31.1 Å². The number of hydrogen-bond donors (Lipinski definition) is 1. The largest absolute Gasteiger partial charge is 0.496 e. The zero-order chi connectivity index (χ0) is 12.8. The first-order valence-corrected chi connectivity index (χ1v) is 5.63. The summed E-state index contributed by atoms with van der Waals surface area (Å²) in [5.41, 5.74) is 7.10. The SMILES string of the molecule is COc1ccc(C(=O)CCN)cc1CN(C)C. The number of nitrogens with two attached hydrogens (primary N) is 1. The van der Waals surface area contributed by atoms with Crippen LogP contribution >= 0.6 is 0 Å². The van der Waals surface area contributed by atoms with Gasteiger partial charge in [-0.25, -0.2) is 0 Å². The van der Waals surface area contributed by atoms with Gasteiger partial charge in [0.1, 0.15) is 5.75 Å². The fourth-order valence-electron chi connectivity index (χ4n) is 1.69. The van der Waals surface area contributed by atoms with Crippen LogP contribution in [0.2, 0.25) is 0 Å². The minimum absolute atomic E-state index is 0.0789. The van der Waals surface area contributed by atoms with Crippen LogP contribution in [0, 0.1) is 0 Å². The molecule has 4 heteroatoms. The Bertz CT molecular complexity index is 389. The summed E-state index contributed by atoms with van der Waals surface area (Å²) >= 11 is 0. The number of benzene rings is 1. The first-order valence-electron chi connectivity index (χ1n) is 5.63. The van der Waals surface area contributed by atoms with E-state index in [1.54, 1.807) is 13.2 Å². The summed E-state index contributed by atoms with van der Waals surface area (Å²) in [4.78, 5) is 13.8. The first-order chi connectivity index (χ1) is 8.08. The lowest BCUT2D eigenvalue weighted by atomic mass is 10.0. The van der Waals surface area contributed by atoms with Gasteiger partial charge in [0.15, 0.2) is 5.78 Å². The average Bonchev–Trinajstić information content (AvgIpc) is 2.28. The van der Waals surface area contributed by atoms with Crippen LogP contribution in [0.5, 0.6) is 5.75 Å². The van der Waals surface area contributed by atoms with E-state index in [-0.39, 0.29) is 5.78 Å². The maximum atomic E-state index is 11.7. The van der Waals surface area contributed by atoms with Crippen LogP contribution in [0.4, 0.5) is 0 Å². The Morgan fingerprint density at radius 1 is 1.41 bits per heavy atom. The monoisotopic (exact) mass is 236 g/mol. The molecule has 94 valence electrons. The summed E-state index contributed by atoms with van der Waals surface area (Å²) in [6, 6.07) is 5.51. The molecule has 0 spiro atoms. The van der Waals surface area contributed by atoms with Crippen molar-refractivity contribution >= 4 is 5.78 Å². The molecule has 2 N–H and O–H groups in total. The van der Waals surface area contributed by atoms with E-state index in [9.17, 15) is 4.79 Å². The van der Waals surface area contributed by atoms with Crippen LogP contribution in [0.25, 0.3) is 0 Å². The zero-order valence-corrected chi connectivity index (χ0v) is 10.7. The van der Waals surface area contributed by atoms with Gasteiger partial charge in [-0.05, 0) is 38.8 Å². The second-order valence-corrected chi connectivity index (χ2v) is 4.23. The number of Topliss-reactive ketones (excluding diaryl/α,β-unsaturated/α-hetero) is 1. The summed E-state index contributed by atoms with van der Waals surface area (Å²) in [7, 11) is 5.59. The van der Waals surface area contributed by atoms with Crippen molar-refractivity contribution in [1.82, 2.24) is 4.90 Å². The fraction of sp³-hybridized carbons (Fsp3) is 0.462. The number of ketones is 1. The van der Waals surface area contributed by atoms with Crippen LogP contribution in [0.3, 0.4) is 0 Å². The number of hydrogen-bond acceptors (Lipinski definition) is 4. The average molecular weight is 236 g/mol. The van der Waals surface area contributed by atoms with Gasteiger partial charge in [0.25, 0.3) is 0 Å². The predicted molar refractivity (Wildman–Crippen MR) is 68.4 cm³/mol. The minimum Gasteiger partial charge on any atom is -0.496 e. The highest BCUT2D eigenvalue weighted by Gasteiger charge is 2.10. The van der Waals surface area contributed by atoms with Crippen LogP contribution in [0.1, 0.15) is 22.3 Å². The van der Waals surface area contributed by atoms with Crippen molar-refractivity contribution < 1.29 is 9.53 Å². The maximum absolute atomic E-state index is 11.7. The lowest BCUT2D eigenvalue weighted by molar-refractivity contribution is 0.0985. The Kier molecular flexibility index (Phi) is 5.12. The molecule has 0 aliphatic heterocycles. The summed E-state index contributed by atoms with van der Waals surface area (Å²) in [5, 5.41) is 0. The van der Waals surface area contributed by atoms with Gasteiger partial charge in [-0.15, -0.1) is 0 Å². The van der Waals surface area contributed by atoms with Crippen molar-refractivity contribution in [3.8, 4) is 5.75 Å². The van der Waals surface area contributed by atoms with Crippen LogP contribution in [0.15, 0.2) is 18.2 Å². The molecule has 1 aromatic carbocycles. The highest BCUT2D eigenvalue weighted by Crippen LogP contribution is 2.21. The number of rotatable bonds is 6. The van der Waals surface area contributed by atoms with Crippen molar-refractivity contribution in [2.45, 2.75) is 13.0 Å². The van der Waals surface area contributed by atoms with E-state index in [1.165, 1.54) is 0 Å². The van der Waals surface area contributed by atoms with Gasteiger partial charge in [0.2, 0.25) is 0 Å². The highest BCUT2D eigenvalue weighted by atomic mass is 16.5. The van der Waals surface area contributed by atoms with Crippen molar-refractivity contribution in [3.05, 3.63) is 29.3 Å². The van der Waals surface area contributed by atoms with Crippen LogP contribution in [-0.2, 0) is 6.54 Å². The molecule has 1 rings (SSSR count). The summed E-state index contributed by atoms with van der Waals surface area (Å²) in [6.45, 7) is 1.13. The molecule has 0 heterocycles. The van der Waals surface area contributed by atoms with Gasteiger partial charge >= 0.3 is 0 Å². The molecular formula is C13H20N2O2. The molecule has 0 aliphatic carbocycles. The molecule has 1 aromatic rings. The maximum Gasteiger partial charge on any atom is 0.164 e. The third kappa shape index (κ3) is 3.84. The smallest absolute Gasteiger partial charge is 0.164 e. The Morgan fingerprint density at radius 2 is 2.12 bits per heavy atom. The molecule has 0 bridgehead atoms. The highest BCUT2D eigenvalue weighted by molar-refractivity contribution is 5.96. The Hall–Kier alpha value is -1.39. The van der Waals surface area contributed by atoms with Crippen molar-refractivity contribution in [1.29, 1.82) is 0 Å². The number of carbonyl (C=O) groups excluding carboxylic acids is 1. The van der Waals surface area contributed by atoms with Crippen LogP contribution in [-0.4, -0.2) is 38.4 Å². The summed E-state index contributed by atoms with van der Waals surface area (Å²) in [6.07, 6.45) is 0.383. The first kappa shape index (κ1) is 13.7. The molecule has 0 unspecified atom stereocenters. The second kappa shape index (κ2) is 6.37. The third-order valence-corrected chi connectivity index (χ3v) is 2.46. The van der Waals surface area contributed by atoms with Gasteiger partial charge in [-0.3, -0.25) is 4.79 Å². The molecule has 0 saturated carbocycles. The zero-order valence-electron chi connectivity index (χ0n) is 10.7. The van der Waals surface area contributed by atoms with E-state index in [2.05, 4.69) is 0 Å². The molecule has 0 saturated heterocycles. The summed E-state index contributed by atoms with van der Waals surface area (Å²) in [5.74, 6) is 0.887. The fourth-order valence-corrected chi connectivity index (χ4v) is 1.69. The van der Waals surface area contributed by atoms with Crippen LogP contribution < -0.4 is 10.5 Å². The van der Waals surface area contributed by atoms with Crippen molar-refractivity contribution in [2.24, 2.45) is 5.73 Å². The number of carbonyl (C=O) groups is 1. The molecule has 0 aromatic heterocycles. The molecule has 0 aliphatic rings. The standard InChI is InChI=1S/C13H20N2O2/c1-15(2)9-11-8-10(12(16)6-7-14)4-5-13(11)17-3/h4-5,8H,6-7,9,14H2,1-3H3. The molecule has 0 radical (unpaired) electrons. The Balaban J connectivity index is 2.99. The van der Waals surface area contributed by atoms with Crippen molar-refractivity contribution in [3.63, 3.8) is 0 Å². The lowest BCUT2D eigenvalue weighted by Gasteiger charge is -2.14. The quantitative estimate of drug-likeness (QED) is 0.756. The van der Waals surface area contributed by atoms with E-state index in [4.69, 9.17) is 10.5 Å². The molecular weight excluding hydrogens is 216 g/mol. The van der Waals surface area contributed by atoms with E-state index < -0.39 is 0 Å². The van der Waals surface area contributed by atoms with Gasteiger partial charge in [0, 0.05) is 24.1 Å². The third-order valence-electron chi connectivity index (χ3n) is 2.46. The van der Waals surface area contributed by atoms with E-state index in [0.29, 0.717) is 18.5 Å². The van der Waals surface area contributed by atoms with E-state index >= 15 is 0 Å². The molecule has 0 fully saturated rings. The molecule has 4 nitrogen and oxygen atoms in total. The number of ether oxygens (including phenoxy) is 1. The summed E-state index contributed by atoms with van der Waals surface area (Å²) < 4.78 is 5.28. The van der Waals surface area contributed by atoms with Crippen molar-refractivity contribution in [2.75, 3.05) is 27.7 Å². The van der Waals surface area contributed by atoms with Gasteiger partial charge in [-0.2, -0.15) is 0 Å². The molecule has 0 amide bonds. The van der Waals surface area contributed by atoms with Gasteiger partial charge in [-0.1, -0.05) is 0 Å². The topological polar surface area (TPSA) is 55.6 Å². The van der Waals surface area contributed by atoms with Gasteiger partial charge < -0.3 is 15.4 Å². The predicted octanol–water partition coefficient (Wildman–Crippen LogP) is 1.29. The molecule has 0 atom stereocenters. The number of methoxy groups -OCH3 is 1. The Labute approximate surface area is 102 Å². The Morgan fingerprint density at radius 3 is 2.65 bits per heavy atom. The number of nitrogens with zero attached hydrogens (tertiary/aromatic N) is 1. The second-order valence-electron chi connectivity index (χ2n) is 4.23. The van der Waals surface area contributed by atoms with E-state index in [0.717, 1.165) is 17.9 Å².